The second-order valence-electron chi connectivity index (χ2n) is 8.95. The number of Topliss-reactive ketones (excluding diaryl/α,β-unsaturated/α-hetero) is 1. The molecule has 3 aromatic rings. The van der Waals surface area contributed by atoms with Gasteiger partial charge in [0.25, 0.3) is 5.91 Å². The Morgan fingerprint density at radius 2 is 1.91 bits per heavy atom. The van der Waals surface area contributed by atoms with Gasteiger partial charge in [0.05, 0.1) is 35.9 Å². The van der Waals surface area contributed by atoms with Crippen LogP contribution in [0.5, 0.6) is 11.5 Å². The van der Waals surface area contributed by atoms with Gasteiger partial charge >= 0.3 is 0 Å². The zero-order valence-electron chi connectivity index (χ0n) is 19.2. The SMILES string of the molecule is COc1ccc(C2C3=C(OC4CCCCC4C3=O)C(=O)N2c2nc3ccc(Cl)cc3s2)c(OC)c1. The van der Waals surface area contributed by atoms with Gasteiger partial charge in [-0.3, -0.25) is 14.5 Å². The van der Waals surface area contributed by atoms with E-state index >= 15 is 0 Å². The van der Waals surface area contributed by atoms with Gasteiger partial charge in [-0.2, -0.15) is 0 Å². The molecule has 3 unspecified atom stereocenters. The number of fused-ring (bicyclic) bond motifs is 2. The van der Waals surface area contributed by atoms with Crippen molar-refractivity contribution in [1.29, 1.82) is 0 Å². The average Bonchev–Trinajstić information content (AvgIpc) is 3.41. The Labute approximate surface area is 211 Å². The highest BCUT2D eigenvalue weighted by Crippen LogP contribution is 2.51. The van der Waals surface area contributed by atoms with Gasteiger partial charge in [0.2, 0.25) is 0 Å². The summed E-state index contributed by atoms with van der Waals surface area (Å²) in [6.45, 7) is 0. The zero-order valence-corrected chi connectivity index (χ0v) is 20.8. The lowest BCUT2D eigenvalue weighted by atomic mass is 9.77. The Balaban J connectivity index is 1.54. The number of methoxy groups -OCH3 is 2. The molecule has 3 aliphatic rings. The molecule has 2 aliphatic heterocycles. The number of hydrogen-bond acceptors (Lipinski definition) is 7. The van der Waals surface area contributed by atoms with Crippen LogP contribution in [0.15, 0.2) is 47.7 Å². The molecule has 7 nitrogen and oxygen atoms in total. The monoisotopic (exact) mass is 510 g/mol. The van der Waals surface area contributed by atoms with E-state index in [0.717, 1.165) is 35.9 Å². The number of thiazole rings is 1. The number of ketones is 1. The summed E-state index contributed by atoms with van der Waals surface area (Å²) >= 11 is 7.55. The summed E-state index contributed by atoms with van der Waals surface area (Å²) in [4.78, 5) is 34.0. The van der Waals surface area contributed by atoms with Crippen LogP contribution in [0.4, 0.5) is 5.13 Å². The van der Waals surface area contributed by atoms with E-state index in [4.69, 9.17) is 30.8 Å². The van der Waals surface area contributed by atoms with Gasteiger partial charge in [-0.15, -0.1) is 0 Å². The molecule has 1 amide bonds. The highest BCUT2D eigenvalue weighted by molar-refractivity contribution is 7.22. The molecule has 1 aromatic heterocycles. The number of nitrogens with zero attached hydrogens (tertiary/aromatic N) is 2. The van der Waals surface area contributed by atoms with Crippen molar-refractivity contribution >= 4 is 50.0 Å². The van der Waals surface area contributed by atoms with Gasteiger partial charge in [-0.1, -0.05) is 29.4 Å². The van der Waals surface area contributed by atoms with Crippen molar-refractivity contribution in [3.8, 4) is 11.5 Å². The van der Waals surface area contributed by atoms with Crippen LogP contribution in [-0.4, -0.2) is 37.0 Å². The molecule has 0 bridgehead atoms. The maximum atomic E-state index is 13.9. The average molecular weight is 511 g/mol. The van der Waals surface area contributed by atoms with Crippen molar-refractivity contribution in [2.24, 2.45) is 5.92 Å². The van der Waals surface area contributed by atoms with Crippen molar-refractivity contribution < 1.29 is 23.8 Å². The molecule has 1 fully saturated rings. The minimum Gasteiger partial charge on any atom is -0.497 e. The topological polar surface area (TPSA) is 78.0 Å². The second-order valence-corrected chi connectivity index (χ2v) is 10.4. The molecule has 35 heavy (non-hydrogen) atoms. The molecule has 0 radical (unpaired) electrons. The number of carbonyl (C=O) groups is 2. The number of rotatable bonds is 4. The molecule has 0 saturated heterocycles. The largest absolute Gasteiger partial charge is 0.497 e. The fraction of sp³-hybridized carbons (Fsp3) is 0.346. The third-order valence-corrected chi connectivity index (χ3v) is 8.30. The predicted octanol–water partition coefficient (Wildman–Crippen LogP) is 5.47. The van der Waals surface area contributed by atoms with E-state index in [1.165, 1.54) is 11.3 Å². The number of ether oxygens (including phenoxy) is 3. The number of carbonyl (C=O) groups excluding carboxylic acids is 2. The van der Waals surface area contributed by atoms with Crippen LogP contribution in [0.25, 0.3) is 10.2 Å². The molecular formula is C26H23ClN2O5S. The van der Waals surface area contributed by atoms with E-state index in [0.29, 0.717) is 32.8 Å². The van der Waals surface area contributed by atoms with Crippen molar-refractivity contribution in [3.05, 3.63) is 58.3 Å². The van der Waals surface area contributed by atoms with Crippen LogP contribution in [0.1, 0.15) is 37.3 Å². The molecule has 0 spiro atoms. The van der Waals surface area contributed by atoms with Crippen molar-refractivity contribution in [2.45, 2.75) is 37.8 Å². The molecule has 6 rings (SSSR count). The quantitative estimate of drug-likeness (QED) is 0.463. The molecule has 9 heteroatoms. The number of hydrogen-bond donors (Lipinski definition) is 0. The van der Waals surface area contributed by atoms with Gasteiger partial charge in [-0.05, 0) is 49.6 Å². The summed E-state index contributed by atoms with van der Waals surface area (Å²) in [6, 6.07) is 10.1. The third-order valence-electron chi connectivity index (χ3n) is 7.04. The molecule has 1 aliphatic carbocycles. The van der Waals surface area contributed by atoms with Gasteiger partial charge in [0, 0.05) is 16.7 Å². The molecule has 3 heterocycles. The Morgan fingerprint density at radius 1 is 1.09 bits per heavy atom. The van der Waals surface area contributed by atoms with Crippen LogP contribution in [-0.2, 0) is 14.3 Å². The third kappa shape index (κ3) is 3.50. The first-order chi connectivity index (χ1) is 17.0. The Bertz CT molecular complexity index is 1400. The summed E-state index contributed by atoms with van der Waals surface area (Å²) in [5.41, 5.74) is 1.79. The van der Waals surface area contributed by atoms with Crippen LogP contribution in [0.2, 0.25) is 5.02 Å². The normalized spacial score (nSPS) is 23.9. The first-order valence-corrected chi connectivity index (χ1v) is 12.8. The Hall–Kier alpha value is -3.10. The maximum Gasteiger partial charge on any atom is 0.296 e. The Kier molecular flexibility index (Phi) is 5.45. The molecule has 1 saturated carbocycles. The number of anilines is 1. The molecule has 0 N–H and O–H groups in total. The lowest BCUT2D eigenvalue weighted by Crippen LogP contribution is -2.39. The molecular weight excluding hydrogens is 488 g/mol. The van der Waals surface area contributed by atoms with Crippen molar-refractivity contribution in [2.75, 3.05) is 19.1 Å². The first-order valence-electron chi connectivity index (χ1n) is 11.6. The van der Waals surface area contributed by atoms with Crippen LogP contribution in [0, 0.1) is 5.92 Å². The van der Waals surface area contributed by atoms with Crippen LogP contribution in [0.3, 0.4) is 0 Å². The van der Waals surface area contributed by atoms with Gasteiger partial charge < -0.3 is 14.2 Å². The van der Waals surface area contributed by atoms with E-state index < -0.39 is 6.04 Å². The van der Waals surface area contributed by atoms with Gasteiger partial charge in [0.1, 0.15) is 23.6 Å². The minimum absolute atomic E-state index is 0.0150. The maximum absolute atomic E-state index is 13.9. The summed E-state index contributed by atoms with van der Waals surface area (Å²) in [5.74, 6) is 0.659. The van der Waals surface area contributed by atoms with E-state index in [1.807, 2.05) is 18.2 Å². The van der Waals surface area contributed by atoms with Crippen LogP contribution < -0.4 is 14.4 Å². The number of halogens is 1. The standard InChI is InChI=1S/C26H23ClN2O5S/c1-32-14-8-9-15(19(12-14)33-2)22-21-23(30)16-5-3-4-6-18(16)34-24(21)25(31)29(22)26-28-17-10-7-13(27)11-20(17)35-26/h7-12,16,18,22H,3-6H2,1-2H3. The summed E-state index contributed by atoms with van der Waals surface area (Å²) in [6.07, 6.45) is 3.25. The van der Waals surface area contributed by atoms with E-state index in [9.17, 15) is 9.59 Å². The van der Waals surface area contributed by atoms with Crippen LogP contribution >= 0.6 is 22.9 Å². The highest BCUT2D eigenvalue weighted by atomic mass is 35.5. The van der Waals surface area contributed by atoms with E-state index in [1.54, 1.807) is 37.3 Å². The van der Waals surface area contributed by atoms with Gasteiger partial charge in [0.15, 0.2) is 16.7 Å². The predicted molar refractivity (Wildman–Crippen MR) is 133 cm³/mol. The van der Waals surface area contributed by atoms with Crippen molar-refractivity contribution in [1.82, 2.24) is 4.98 Å². The van der Waals surface area contributed by atoms with E-state index in [-0.39, 0.29) is 29.5 Å². The highest BCUT2D eigenvalue weighted by Gasteiger charge is 2.53. The summed E-state index contributed by atoms with van der Waals surface area (Å²) in [7, 11) is 3.14. The minimum atomic E-state index is -0.718. The zero-order chi connectivity index (χ0) is 24.3. The lowest BCUT2D eigenvalue weighted by Gasteiger charge is -2.35. The summed E-state index contributed by atoms with van der Waals surface area (Å²) < 4.78 is 18.2. The number of amides is 1. The first kappa shape index (κ1) is 22.4. The molecule has 3 atom stereocenters. The number of benzene rings is 2. The second kappa shape index (κ2) is 8.53. The fourth-order valence-electron chi connectivity index (χ4n) is 5.37. The Morgan fingerprint density at radius 3 is 2.71 bits per heavy atom. The van der Waals surface area contributed by atoms with Crippen molar-refractivity contribution in [3.63, 3.8) is 0 Å². The van der Waals surface area contributed by atoms with E-state index in [2.05, 4.69) is 0 Å². The van der Waals surface area contributed by atoms with Gasteiger partial charge in [-0.25, -0.2) is 4.98 Å². The molecule has 2 aromatic carbocycles. The fourth-order valence-corrected chi connectivity index (χ4v) is 6.64. The smallest absolute Gasteiger partial charge is 0.296 e. The lowest BCUT2D eigenvalue weighted by molar-refractivity contribution is -0.131. The molecule has 180 valence electrons. The number of aromatic nitrogens is 1. The summed E-state index contributed by atoms with van der Waals surface area (Å²) in [5, 5.41) is 1.07.